The number of hydrogen-bond donors (Lipinski definition) is 1. The number of rotatable bonds is 5. The van der Waals surface area contributed by atoms with Crippen LogP contribution in [0, 0.1) is 0 Å². The van der Waals surface area contributed by atoms with Gasteiger partial charge >= 0.3 is 0 Å². The Kier molecular flexibility index (Phi) is 4.35. The van der Waals surface area contributed by atoms with Crippen LogP contribution in [0.1, 0.15) is 11.5 Å². The van der Waals surface area contributed by atoms with E-state index >= 15 is 0 Å². The summed E-state index contributed by atoms with van der Waals surface area (Å²) in [5, 5.41) is 2.13. The number of aromatic amines is 1. The van der Waals surface area contributed by atoms with Gasteiger partial charge in [0.25, 0.3) is 0 Å². The molecule has 0 amide bonds. The zero-order valence-corrected chi connectivity index (χ0v) is 17.5. The maximum atomic E-state index is 6.03. The number of pyridine rings is 2. The molecule has 0 saturated heterocycles. The largest absolute Gasteiger partial charge is 0.497 e. The Morgan fingerprint density at radius 3 is 2.72 bits per heavy atom. The van der Waals surface area contributed by atoms with Crippen LogP contribution in [-0.4, -0.2) is 27.0 Å². The normalized spacial score (nSPS) is 11.5. The minimum Gasteiger partial charge on any atom is -0.497 e. The first kappa shape index (κ1) is 18.6. The van der Waals surface area contributed by atoms with E-state index in [1.165, 1.54) is 0 Å². The lowest BCUT2D eigenvalue weighted by Gasteiger charge is -2.02. The van der Waals surface area contributed by atoms with Crippen LogP contribution in [0.5, 0.6) is 5.75 Å². The number of furan rings is 1. The Bertz CT molecular complexity index is 1550. The molecular weight excluding hydrogens is 400 g/mol. The molecule has 156 valence electrons. The van der Waals surface area contributed by atoms with Crippen LogP contribution in [0.2, 0.25) is 0 Å². The van der Waals surface area contributed by atoms with Gasteiger partial charge in [0.05, 0.1) is 12.6 Å². The van der Waals surface area contributed by atoms with Crippen molar-refractivity contribution in [2.24, 2.45) is 0 Å². The molecule has 0 unspecified atom stereocenters. The average Bonchev–Trinajstić information content (AvgIpc) is 3.44. The fourth-order valence-electron chi connectivity index (χ4n) is 4.01. The molecule has 0 atom stereocenters. The molecule has 6 nitrogen and oxygen atoms in total. The third-order valence-corrected chi connectivity index (χ3v) is 5.66. The van der Waals surface area contributed by atoms with Crippen LogP contribution >= 0.6 is 0 Å². The van der Waals surface area contributed by atoms with Crippen molar-refractivity contribution in [3.05, 3.63) is 84.4 Å². The third kappa shape index (κ3) is 3.36. The first-order valence-corrected chi connectivity index (χ1v) is 10.5. The summed E-state index contributed by atoms with van der Waals surface area (Å²) < 4.78 is 11.3. The van der Waals surface area contributed by atoms with E-state index in [0.29, 0.717) is 0 Å². The monoisotopic (exact) mass is 420 g/mol. The van der Waals surface area contributed by atoms with E-state index in [9.17, 15) is 0 Å². The minimum atomic E-state index is 0.747. The number of nitrogens with zero attached hydrogens (tertiary/aromatic N) is 3. The van der Waals surface area contributed by atoms with Gasteiger partial charge in [0.1, 0.15) is 28.4 Å². The molecule has 0 fully saturated rings. The predicted octanol–water partition coefficient (Wildman–Crippen LogP) is 5.71. The van der Waals surface area contributed by atoms with Crippen LogP contribution in [0.25, 0.3) is 44.4 Å². The zero-order valence-electron chi connectivity index (χ0n) is 17.5. The second-order valence-electron chi connectivity index (χ2n) is 7.78. The summed E-state index contributed by atoms with van der Waals surface area (Å²) >= 11 is 0. The van der Waals surface area contributed by atoms with Crippen molar-refractivity contribution in [3.63, 3.8) is 0 Å². The van der Waals surface area contributed by atoms with Crippen molar-refractivity contribution in [1.29, 1.82) is 0 Å². The standard InChI is InChI=1S/C26H20N4O2/c1-31-20-10-11-27-19(15-20)7-9-25-28-22-13-18-12-17(6-8-21(18)29-26(22)30-25)24-14-16-4-2-3-5-23(16)32-24/h2-6,8,10-15H,7,9H2,1H3,(H,28,29,30). The molecular formula is C26H20N4O2. The van der Waals surface area contributed by atoms with Crippen molar-refractivity contribution < 1.29 is 9.15 Å². The number of imidazole rings is 1. The molecule has 0 bridgehead atoms. The molecule has 0 aliphatic carbocycles. The first-order valence-electron chi connectivity index (χ1n) is 10.5. The molecule has 0 radical (unpaired) electrons. The molecule has 6 aromatic rings. The van der Waals surface area contributed by atoms with Gasteiger partial charge in [0.15, 0.2) is 5.65 Å². The van der Waals surface area contributed by atoms with E-state index in [4.69, 9.17) is 19.1 Å². The highest BCUT2D eigenvalue weighted by atomic mass is 16.5. The first-order chi connectivity index (χ1) is 15.7. The zero-order chi connectivity index (χ0) is 21.5. The number of aromatic nitrogens is 4. The van der Waals surface area contributed by atoms with E-state index in [1.54, 1.807) is 13.3 Å². The Balaban J connectivity index is 1.31. The van der Waals surface area contributed by atoms with Crippen LogP contribution in [0.15, 0.2) is 77.3 Å². The number of hydrogen-bond acceptors (Lipinski definition) is 5. The fourth-order valence-corrected chi connectivity index (χ4v) is 4.01. The van der Waals surface area contributed by atoms with Gasteiger partial charge in [-0.15, -0.1) is 0 Å². The van der Waals surface area contributed by atoms with E-state index in [1.807, 2.05) is 42.5 Å². The van der Waals surface area contributed by atoms with E-state index in [2.05, 4.69) is 34.2 Å². The molecule has 1 N–H and O–H groups in total. The number of fused-ring (bicyclic) bond motifs is 3. The van der Waals surface area contributed by atoms with Gasteiger partial charge in [0, 0.05) is 40.7 Å². The molecule has 0 aliphatic heterocycles. The van der Waals surface area contributed by atoms with Gasteiger partial charge in [-0.25, -0.2) is 9.97 Å². The highest BCUT2D eigenvalue weighted by Gasteiger charge is 2.10. The highest BCUT2D eigenvalue weighted by Crippen LogP contribution is 2.30. The van der Waals surface area contributed by atoms with Crippen LogP contribution in [-0.2, 0) is 12.8 Å². The maximum Gasteiger partial charge on any atom is 0.158 e. The average molecular weight is 420 g/mol. The Morgan fingerprint density at radius 2 is 1.81 bits per heavy atom. The van der Waals surface area contributed by atoms with Crippen LogP contribution in [0.4, 0.5) is 0 Å². The van der Waals surface area contributed by atoms with Gasteiger partial charge < -0.3 is 14.1 Å². The van der Waals surface area contributed by atoms with Gasteiger partial charge in [-0.2, -0.15) is 0 Å². The number of nitrogens with one attached hydrogen (secondary N) is 1. The number of aryl methyl sites for hydroxylation is 2. The van der Waals surface area contributed by atoms with Crippen molar-refractivity contribution in [1.82, 2.24) is 19.9 Å². The third-order valence-electron chi connectivity index (χ3n) is 5.66. The van der Waals surface area contributed by atoms with Gasteiger partial charge in [-0.3, -0.25) is 4.98 Å². The summed E-state index contributed by atoms with van der Waals surface area (Å²) in [5.74, 6) is 2.56. The lowest BCUT2D eigenvalue weighted by molar-refractivity contribution is 0.413. The highest BCUT2D eigenvalue weighted by molar-refractivity contribution is 5.92. The molecule has 0 spiro atoms. The summed E-state index contributed by atoms with van der Waals surface area (Å²) in [4.78, 5) is 17.3. The second-order valence-corrected chi connectivity index (χ2v) is 7.78. The molecule has 0 saturated carbocycles. The molecule has 6 rings (SSSR count). The number of methoxy groups -OCH3 is 1. The van der Waals surface area contributed by atoms with Gasteiger partial charge in [-0.1, -0.05) is 18.2 Å². The van der Waals surface area contributed by atoms with Crippen molar-refractivity contribution in [3.8, 4) is 17.1 Å². The van der Waals surface area contributed by atoms with Crippen molar-refractivity contribution in [2.45, 2.75) is 12.8 Å². The summed E-state index contributed by atoms with van der Waals surface area (Å²) in [5.41, 5.74) is 5.45. The number of ether oxygens (including phenoxy) is 1. The Morgan fingerprint density at radius 1 is 0.875 bits per heavy atom. The molecule has 6 heteroatoms. The number of H-pyrrole nitrogens is 1. The Hall–Kier alpha value is -4.19. The Labute approximate surface area is 183 Å². The molecule has 32 heavy (non-hydrogen) atoms. The van der Waals surface area contributed by atoms with Crippen LogP contribution < -0.4 is 4.74 Å². The minimum absolute atomic E-state index is 0.747. The smallest absolute Gasteiger partial charge is 0.158 e. The van der Waals surface area contributed by atoms with E-state index in [-0.39, 0.29) is 0 Å². The quantitative estimate of drug-likeness (QED) is 0.386. The molecule has 2 aromatic carbocycles. The summed E-state index contributed by atoms with van der Waals surface area (Å²) in [7, 11) is 1.66. The van der Waals surface area contributed by atoms with E-state index in [0.717, 1.165) is 74.5 Å². The predicted molar refractivity (Wildman–Crippen MR) is 125 cm³/mol. The molecule has 4 heterocycles. The van der Waals surface area contributed by atoms with Crippen molar-refractivity contribution in [2.75, 3.05) is 7.11 Å². The topological polar surface area (TPSA) is 76.8 Å². The maximum absolute atomic E-state index is 6.03. The summed E-state index contributed by atoms with van der Waals surface area (Å²) in [6, 6.07) is 22.2. The SMILES string of the molecule is COc1ccnc(CCc2nc3cc4cc(-c5cc6ccccc6o5)ccc4nc3[nH]2)c1. The van der Waals surface area contributed by atoms with Crippen molar-refractivity contribution >= 4 is 33.0 Å². The molecule has 0 aliphatic rings. The van der Waals surface area contributed by atoms with Gasteiger partial charge in [-0.05, 0) is 48.9 Å². The summed E-state index contributed by atoms with van der Waals surface area (Å²) in [6.45, 7) is 0. The van der Waals surface area contributed by atoms with Gasteiger partial charge in [0.2, 0.25) is 0 Å². The summed E-state index contributed by atoms with van der Waals surface area (Å²) in [6.07, 6.45) is 3.28. The number of para-hydroxylation sites is 1. The molecule has 4 aromatic heterocycles. The lowest BCUT2D eigenvalue weighted by atomic mass is 10.1. The number of benzene rings is 2. The van der Waals surface area contributed by atoms with Crippen LogP contribution in [0.3, 0.4) is 0 Å². The second kappa shape index (κ2) is 7.50. The lowest BCUT2D eigenvalue weighted by Crippen LogP contribution is -1.96. The fraction of sp³-hybridized carbons (Fsp3) is 0.115. The van der Waals surface area contributed by atoms with E-state index < -0.39 is 0 Å².